The van der Waals surface area contributed by atoms with Crippen LogP contribution >= 0.6 is 0 Å². The molecule has 2 aromatic carbocycles. The summed E-state index contributed by atoms with van der Waals surface area (Å²) in [6, 6.07) is 12.3. The van der Waals surface area contributed by atoms with Crippen molar-refractivity contribution in [3.8, 4) is 0 Å². The van der Waals surface area contributed by atoms with E-state index in [0.29, 0.717) is 36.4 Å². The molecule has 7 nitrogen and oxygen atoms in total. The predicted octanol–water partition coefficient (Wildman–Crippen LogP) is 3.83. The molecule has 31 heavy (non-hydrogen) atoms. The third-order valence-corrected chi connectivity index (χ3v) is 7.45. The van der Waals surface area contributed by atoms with Crippen LogP contribution in [-0.2, 0) is 16.6 Å². The highest BCUT2D eigenvalue weighted by atomic mass is 32.2. The first kappa shape index (κ1) is 22.7. The van der Waals surface area contributed by atoms with Gasteiger partial charge in [-0.3, -0.25) is 4.79 Å². The first-order valence-electron chi connectivity index (χ1n) is 10.2. The zero-order chi connectivity index (χ0) is 22.6. The van der Waals surface area contributed by atoms with Gasteiger partial charge in [0.25, 0.3) is 5.91 Å². The average molecular weight is 441 g/mol. The number of hydrogen-bond donors (Lipinski definition) is 1. The number of rotatable bonds is 8. The predicted molar refractivity (Wildman–Crippen MR) is 122 cm³/mol. The number of imidazole rings is 1. The van der Waals surface area contributed by atoms with E-state index in [1.807, 2.05) is 42.0 Å². The quantitative estimate of drug-likeness (QED) is 0.577. The van der Waals surface area contributed by atoms with Gasteiger partial charge in [0.2, 0.25) is 10.0 Å². The SMILES string of the molecule is CCN(CC)S(=O)(=O)c1cc(C(=O)Nc2ccc(Cn3ccnc3C)cc2)ccc1C. The highest BCUT2D eigenvalue weighted by molar-refractivity contribution is 7.89. The summed E-state index contributed by atoms with van der Waals surface area (Å²) in [7, 11) is -3.65. The summed E-state index contributed by atoms with van der Waals surface area (Å²) in [4.78, 5) is 17.1. The summed E-state index contributed by atoms with van der Waals surface area (Å²) in [6.07, 6.45) is 3.69. The van der Waals surface area contributed by atoms with Gasteiger partial charge in [-0.05, 0) is 49.2 Å². The highest BCUT2D eigenvalue weighted by Crippen LogP contribution is 2.22. The van der Waals surface area contributed by atoms with E-state index in [9.17, 15) is 13.2 Å². The molecule has 0 unspecified atom stereocenters. The molecule has 1 aromatic heterocycles. The average Bonchev–Trinajstić information content (AvgIpc) is 3.14. The summed E-state index contributed by atoms with van der Waals surface area (Å²) >= 11 is 0. The van der Waals surface area contributed by atoms with Gasteiger partial charge in [0.15, 0.2) is 0 Å². The Morgan fingerprint density at radius 3 is 2.32 bits per heavy atom. The number of sulfonamides is 1. The van der Waals surface area contributed by atoms with E-state index < -0.39 is 10.0 Å². The normalized spacial score (nSPS) is 11.6. The second-order valence-electron chi connectivity index (χ2n) is 7.32. The molecule has 1 N–H and O–H groups in total. The third-order valence-electron chi connectivity index (χ3n) is 5.26. The van der Waals surface area contributed by atoms with Gasteiger partial charge >= 0.3 is 0 Å². The second kappa shape index (κ2) is 9.45. The summed E-state index contributed by atoms with van der Waals surface area (Å²) in [5.41, 5.74) is 2.64. The van der Waals surface area contributed by atoms with E-state index in [0.717, 1.165) is 11.4 Å². The Hall–Kier alpha value is -2.97. The summed E-state index contributed by atoms with van der Waals surface area (Å²) in [6.45, 7) is 8.73. The van der Waals surface area contributed by atoms with Crippen molar-refractivity contribution in [3.05, 3.63) is 77.4 Å². The van der Waals surface area contributed by atoms with Crippen LogP contribution in [0.4, 0.5) is 5.69 Å². The first-order valence-corrected chi connectivity index (χ1v) is 11.7. The van der Waals surface area contributed by atoms with E-state index in [2.05, 4.69) is 10.3 Å². The Bertz CT molecular complexity index is 1160. The number of benzene rings is 2. The zero-order valence-corrected chi connectivity index (χ0v) is 19.1. The van der Waals surface area contributed by atoms with Crippen molar-refractivity contribution < 1.29 is 13.2 Å². The molecule has 1 amide bonds. The monoisotopic (exact) mass is 440 g/mol. The van der Waals surface area contributed by atoms with Crippen LogP contribution in [-0.4, -0.2) is 41.3 Å². The maximum Gasteiger partial charge on any atom is 0.255 e. The standard InChI is InChI=1S/C23H28N4O3S/c1-5-27(6-2)31(29,30)22-15-20(10-7-17(22)3)23(28)25-21-11-8-19(9-12-21)16-26-14-13-24-18(26)4/h7-15H,5-6,16H2,1-4H3,(H,25,28). The molecule has 0 aliphatic heterocycles. The fraction of sp³-hybridized carbons (Fsp3) is 0.304. The smallest absolute Gasteiger partial charge is 0.255 e. The van der Waals surface area contributed by atoms with Crippen molar-refractivity contribution in [2.24, 2.45) is 0 Å². The lowest BCUT2D eigenvalue weighted by Crippen LogP contribution is -2.31. The molecule has 0 saturated heterocycles. The number of nitrogens with one attached hydrogen (secondary N) is 1. The molecule has 0 bridgehead atoms. The number of anilines is 1. The van der Waals surface area contributed by atoms with Crippen LogP contribution in [0.15, 0.2) is 59.8 Å². The van der Waals surface area contributed by atoms with Gasteiger partial charge in [0.05, 0.1) is 4.90 Å². The number of hydrogen-bond acceptors (Lipinski definition) is 4. The van der Waals surface area contributed by atoms with E-state index in [1.165, 1.54) is 10.4 Å². The zero-order valence-electron chi connectivity index (χ0n) is 18.3. The van der Waals surface area contributed by atoms with Gasteiger partial charge in [-0.1, -0.05) is 32.0 Å². The number of amides is 1. The molecule has 0 radical (unpaired) electrons. The number of aryl methyl sites for hydroxylation is 2. The molecule has 0 aliphatic rings. The first-order chi connectivity index (χ1) is 14.8. The number of carbonyl (C=O) groups is 1. The third kappa shape index (κ3) is 5.03. The maximum absolute atomic E-state index is 12.9. The minimum Gasteiger partial charge on any atom is -0.331 e. The molecule has 0 fully saturated rings. The van der Waals surface area contributed by atoms with Gasteiger partial charge in [-0.2, -0.15) is 4.31 Å². The Morgan fingerprint density at radius 2 is 1.74 bits per heavy atom. The molecule has 164 valence electrons. The van der Waals surface area contributed by atoms with Gasteiger partial charge in [-0.15, -0.1) is 0 Å². The van der Waals surface area contributed by atoms with Crippen molar-refractivity contribution in [1.29, 1.82) is 0 Å². The van der Waals surface area contributed by atoms with Gasteiger partial charge < -0.3 is 9.88 Å². The Labute approximate surface area is 183 Å². The highest BCUT2D eigenvalue weighted by Gasteiger charge is 2.24. The van der Waals surface area contributed by atoms with Crippen LogP contribution in [0.5, 0.6) is 0 Å². The molecule has 8 heteroatoms. The van der Waals surface area contributed by atoms with Gasteiger partial charge in [0, 0.05) is 43.3 Å². The molecule has 1 heterocycles. The van der Waals surface area contributed by atoms with Crippen molar-refractivity contribution >= 4 is 21.6 Å². The lowest BCUT2D eigenvalue weighted by Gasteiger charge is -2.20. The van der Waals surface area contributed by atoms with Crippen LogP contribution < -0.4 is 5.32 Å². The molecule has 3 aromatic rings. The van der Waals surface area contributed by atoms with Gasteiger partial charge in [-0.25, -0.2) is 13.4 Å². The van der Waals surface area contributed by atoms with E-state index in [1.54, 1.807) is 39.1 Å². The molecular weight excluding hydrogens is 412 g/mol. The van der Waals surface area contributed by atoms with Crippen LogP contribution in [0, 0.1) is 13.8 Å². The van der Waals surface area contributed by atoms with Crippen LogP contribution in [0.25, 0.3) is 0 Å². The minimum atomic E-state index is -3.65. The van der Waals surface area contributed by atoms with Crippen molar-refractivity contribution in [2.75, 3.05) is 18.4 Å². The van der Waals surface area contributed by atoms with Crippen LogP contribution in [0.2, 0.25) is 0 Å². The van der Waals surface area contributed by atoms with E-state index in [4.69, 9.17) is 0 Å². The topological polar surface area (TPSA) is 84.3 Å². The number of nitrogens with zero attached hydrogens (tertiary/aromatic N) is 3. The maximum atomic E-state index is 12.9. The number of aromatic nitrogens is 2. The van der Waals surface area contributed by atoms with Crippen molar-refractivity contribution in [2.45, 2.75) is 39.1 Å². The fourth-order valence-corrected chi connectivity index (χ4v) is 5.09. The summed E-state index contributed by atoms with van der Waals surface area (Å²) in [5, 5.41) is 2.84. The molecular formula is C23H28N4O3S. The Morgan fingerprint density at radius 1 is 1.06 bits per heavy atom. The molecule has 0 spiro atoms. The van der Waals surface area contributed by atoms with Crippen molar-refractivity contribution in [3.63, 3.8) is 0 Å². The van der Waals surface area contributed by atoms with Crippen LogP contribution in [0.1, 0.15) is 41.2 Å². The molecule has 0 atom stereocenters. The fourth-order valence-electron chi connectivity index (χ4n) is 3.39. The second-order valence-corrected chi connectivity index (χ2v) is 9.23. The Balaban J connectivity index is 1.77. The number of carbonyl (C=O) groups excluding carboxylic acids is 1. The lowest BCUT2D eigenvalue weighted by atomic mass is 10.1. The van der Waals surface area contributed by atoms with Crippen molar-refractivity contribution in [1.82, 2.24) is 13.9 Å². The lowest BCUT2D eigenvalue weighted by molar-refractivity contribution is 0.102. The molecule has 3 rings (SSSR count). The summed E-state index contributed by atoms with van der Waals surface area (Å²) in [5.74, 6) is 0.585. The van der Waals surface area contributed by atoms with E-state index >= 15 is 0 Å². The molecule has 0 saturated carbocycles. The Kier molecular flexibility index (Phi) is 6.92. The minimum absolute atomic E-state index is 0.162. The largest absolute Gasteiger partial charge is 0.331 e. The van der Waals surface area contributed by atoms with E-state index in [-0.39, 0.29) is 10.8 Å². The molecule has 0 aliphatic carbocycles. The van der Waals surface area contributed by atoms with Gasteiger partial charge in [0.1, 0.15) is 5.82 Å². The summed E-state index contributed by atoms with van der Waals surface area (Å²) < 4.78 is 29.3. The van der Waals surface area contributed by atoms with Crippen LogP contribution in [0.3, 0.4) is 0 Å².